The predicted octanol–water partition coefficient (Wildman–Crippen LogP) is 4.66. The van der Waals surface area contributed by atoms with E-state index in [0.29, 0.717) is 43.1 Å². The van der Waals surface area contributed by atoms with Gasteiger partial charge in [0.2, 0.25) is 5.91 Å². The van der Waals surface area contributed by atoms with Crippen molar-refractivity contribution >= 4 is 17.4 Å². The lowest BCUT2D eigenvalue weighted by molar-refractivity contribution is -0.116. The molecule has 6 heteroatoms. The van der Waals surface area contributed by atoms with Crippen LogP contribution in [0.25, 0.3) is 0 Å². The summed E-state index contributed by atoms with van der Waals surface area (Å²) in [6.45, 7) is 2.38. The SMILES string of the molecule is CC(=O)c1cccc(OCCCC(=O)Nc2ccc(OCc3ccncc3)cc2)c1. The summed E-state index contributed by atoms with van der Waals surface area (Å²) in [6, 6.07) is 18.1. The molecule has 0 aliphatic carbocycles. The summed E-state index contributed by atoms with van der Waals surface area (Å²) in [6.07, 6.45) is 4.37. The third-order valence-electron chi connectivity index (χ3n) is 4.35. The van der Waals surface area contributed by atoms with E-state index in [2.05, 4.69) is 10.3 Å². The Morgan fingerprint density at radius 2 is 1.70 bits per heavy atom. The first kappa shape index (κ1) is 21.0. The van der Waals surface area contributed by atoms with E-state index in [1.807, 2.05) is 36.4 Å². The molecule has 1 aromatic heterocycles. The maximum atomic E-state index is 12.1. The zero-order chi connectivity index (χ0) is 21.2. The number of carbonyl (C=O) groups is 2. The van der Waals surface area contributed by atoms with Crippen molar-refractivity contribution in [3.8, 4) is 11.5 Å². The predicted molar refractivity (Wildman–Crippen MR) is 115 cm³/mol. The third-order valence-corrected chi connectivity index (χ3v) is 4.35. The van der Waals surface area contributed by atoms with E-state index in [-0.39, 0.29) is 11.7 Å². The monoisotopic (exact) mass is 404 g/mol. The summed E-state index contributed by atoms with van der Waals surface area (Å²) < 4.78 is 11.3. The summed E-state index contributed by atoms with van der Waals surface area (Å²) in [4.78, 5) is 27.5. The number of benzene rings is 2. The molecule has 0 atom stereocenters. The smallest absolute Gasteiger partial charge is 0.224 e. The van der Waals surface area contributed by atoms with Crippen LogP contribution < -0.4 is 14.8 Å². The molecule has 1 N–H and O–H groups in total. The number of rotatable bonds is 10. The van der Waals surface area contributed by atoms with E-state index in [1.54, 1.807) is 36.7 Å². The number of ether oxygens (including phenoxy) is 2. The quantitative estimate of drug-likeness (QED) is 0.393. The van der Waals surface area contributed by atoms with Crippen LogP contribution in [0.1, 0.15) is 35.7 Å². The summed E-state index contributed by atoms with van der Waals surface area (Å²) in [5.74, 6) is 1.27. The molecule has 3 rings (SSSR count). The molecule has 0 aliphatic heterocycles. The number of hydrogen-bond donors (Lipinski definition) is 1. The number of nitrogens with zero attached hydrogens (tertiary/aromatic N) is 1. The minimum atomic E-state index is -0.0819. The average molecular weight is 404 g/mol. The molecular weight excluding hydrogens is 380 g/mol. The van der Waals surface area contributed by atoms with Crippen LogP contribution in [0, 0.1) is 0 Å². The van der Waals surface area contributed by atoms with Gasteiger partial charge in [0.1, 0.15) is 18.1 Å². The molecule has 1 amide bonds. The van der Waals surface area contributed by atoms with Gasteiger partial charge in [0, 0.05) is 30.1 Å². The lowest BCUT2D eigenvalue weighted by Gasteiger charge is -2.09. The van der Waals surface area contributed by atoms with Crippen molar-refractivity contribution in [3.05, 3.63) is 84.2 Å². The van der Waals surface area contributed by atoms with Gasteiger partial charge in [-0.15, -0.1) is 0 Å². The number of Topliss-reactive ketones (excluding diaryl/α,β-unsaturated/α-hetero) is 1. The molecular formula is C24H24N2O4. The minimum absolute atomic E-state index is 0.00591. The second-order valence-corrected chi connectivity index (χ2v) is 6.75. The van der Waals surface area contributed by atoms with Crippen LogP contribution in [0.15, 0.2) is 73.1 Å². The van der Waals surface area contributed by atoms with Crippen LogP contribution in [-0.4, -0.2) is 23.3 Å². The van der Waals surface area contributed by atoms with E-state index < -0.39 is 0 Å². The lowest BCUT2D eigenvalue weighted by atomic mass is 10.1. The Morgan fingerprint density at radius 3 is 2.43 bits per heavy atom. The number of ketones is 1. The van der Waals surface area contributed by atoms with Crippen LogP contribution in [0.4, 0.5) is 5.69 Å². The van der Waals surface area contributed by atoms with Crippen molar-refractivity contribution in [1.82, 2.24) is 4.98 Å². The Hall–Kier alpha value is -3.67. The van der Waals surface area contributed by atoms with Crippen molar-refractivity contribution in [2.45, 2.75) is 26.4 Å². The zero-order valence-electron chi connectivity index (χ0n) is 16.8. The highest BCUT2D eigenvalue weighted by molar-refractivity contribution is 5.94. The molecule has 1 heterocycles. The molecule has 0 fully saturated rings. The largest absolute Gasteiger partial charge is 0.494 e. The molecule has 0 radical (unpaired) electrons. The maximum absolute atomic E-state index is 12.1. The van der Waals surface area contributed by atoms with Crippen molar-refractivity contribution < 1.29 is 19.1 Å². The van der Waals surface area contributed by atoms with Crippen LogP contribution in [0.2, 0.25) is 0 Å². The summed E-state index contributed by atoms with van der Waals surface area (Å²) >= 11 is 0. The van der Waals surface area contributed by atoms with Gasteiger partial charge in [0.05, 0.1) is 6.61 Å². The summed E-state index contributed by atoms with van der Waals surface area (Å²) in [7, 11) is 0. The Morgan fingerprint density at radius 1 is 0.933 bits per heavy atom. The molecule has 0 saturated carbocycles. The number of amides is 1. The number of aromatic nitrogens is 1. The van der Waals surface area contributed by atoms with Gasteiger partial charge in [0.25, 0.3) is 0 Å². The highest BCUT2D eigenvalue weighted by Gasteiger charge is 2.05. The second kappa shape index (κ2) is 10.8. The van der Waals surface area contributed by atoms with Crippen molar-refractivity contribution in [2.75, 3.05) is 11.9 Å². The second-order valence-electron chi connectivity index (χ2n) is 6.75. The van der Waals surface area contributed by atoms with Crippen LogP contribution in [0.3, 0.4) is 0 Å². The molecule has 154 valence electrons. The van der Waals surface area contributed by atoms with Gasteiger partial charge in [-0.25, -0.2) is 0 Å². The van der Waals surface area contributed by atoms with Gasteiger partial charge >= 0.3 is 0 Å². The fourth-order valence-corrected chi connectivity index (χ4v) is 2.73. The number of hydrogen-bond acceptors (Lipinski definition) is 5. The van der Waals surface area contributed by atoms with E-state index in [9.17, 15) is 9.59 Å². The van der Waals surface area contributed by atoms with Crippen molar-refractivity contribution in [3.63, 3.8) is 0 Å². The third kappa shape index (κ3) is 6.74. The fraction of sp³-hybridized carbons (Fsp3) is 0.208. The van der Waals surface area contributed by atoms with Gasteiger partial charge in [0.15, 0.2) is 5.78 Å². The first-order chi connectivity index (χ1) is 14.6. The Labute approximate surface area is 175 Å². The standard InChI is InChI=1S/C24H24N2O4/c1-18(27)20-4-2-5-23(16-20)29-15-3-6-24(28)26-21-7-9-22(10-8-21)30-17-19-11-13-25-14-12-19/h2,4-5,7-14,16H,3,6,15,17H2,1H3,(H,26,28). The maximum Gasteiger partial charge on any atom is 0.224 e. The molecule has 0 bridgehead atoms. The molecule has 0 aliphatic rings. The van der Waals surface area contributed by atoms with E-state index >= 15 is 0 Å². The summed E-state index contributed by atoms with van der Waals surface area (Å²) in [5, 5.41) is 2.86. The number of carbonyl (C=O) groups excluding carboxylic acids is 2. The normalized spacial score (nSPS) is 10.3. The highest BCUT2D eigenvalue weighted by atomic mass is 16.5. The average Bonchev–Trinajstić information content (AvgIpc) is 2.77. The Kier molecular flexibility index (Phi) is 7.55. The zero-order valence-corrected chi connectivity index (χ0v) is 16.8. The van der Waals surface area contributed by atoms with Gasteiger partial charge in [-0.05, 0) is 67.4 Å². The molecule has 6 nitrogen and oxygen atoms in total. The molecule has 0 unspecified atom stereocenters. The minimum Gasteiger partial charge on any atom is -0.494 e. The first-order valence-corrected chi connectivity index (χ1v) is 9.75. The van der Waals surface area contributed by atoms with Crippen LogP contribution in [-0.2, 0) is 11.4 Å². The number of anilines is 1. The molecule has 3 aromatic rings. The molecule has 30 heavy (non-hydrogen) atoms. The van der Waals surface area contributed by atoms with Gasteiger partial charge in [-0.2, -0.15) is 0 Å². The Bertz CT molecular complexity index is 972. The number of nitrogens with one attached hydrogen (secondary N) is 1. The van der Waals surface area contributed by atoms with E-state index in [1.165, 1.54) is 6.92 Å². The number of pyridine rings is 1. The van der Waals surface area contributed by atoms with E-state index in [4.69, 9.17) is 9.47 Å². The fourth-order valence-electron chi connectivity index (χ4n) is 2.73. The van der Waals surface area contributed by atoms with Crippen molar-refractivity contribution in [2.24, 2.45) is 0 Å². The van der Waals surface area contributed by atoms with Gasteiger partial charge < -0.3 is 14.8 Å². The first-order valence-electron chi connectivity index (χ1n) is 9.75. The lowest BCUT2D eigenvalue weighted by Crippen LogP contribution is -2.12. The van der Waals surface area contributed by atoms with Gasteiger partial charge in [-0.3, -0.25) is 14.6 Å². The Balaban J connectivity index is 1.37. The topological polar surface area (TPSA) is 77.5 Å². The molecule has 2 aromatic carbocycles. The van der Waals surface area contributed by atoms with Crippen LogP contribution in [0.5, 0.6) is 11.5 Å². The van der Waals surface area contributed by atoms with Gasteiger partial charge in [-0.1, -0.05) is 12.1 Å². The van der Waals surface area contributed by atoms with Crippen molar-refractivity contribution in [1.29, 1.82) is 0 Å². The molecule has 0 saturated heterocycles. The van der Waals surface area contributed by atoms with Crippen LogP contribution >= 0.6 is 0 Å². The van der Waals surface area contributed by atoms with E-state index in [0.717, 1.165) is 11.3 Å². The summed E-state index contributed by atoms with van der Waals surface area (Å²) in [5.41, 5.74) is 2.36. The highest BCUT2D eigenvalue weighted by Crippen LogP contribution is 2.18. The molecule has 0 spiro atoms.